The fourth-order valence-corrected chi connectivity index (χ4v) is 2.19. The second kappa shape index (κ2) is 6.48. The maximum absolute atomic E-state index is 11.1. The number of hydrogen-bond acceptors (Lipinski definition) is 3. The SMILES string of the molecule is CCC1CCC(NCC(=O)NC(N)=O)CC1. The highest BCUT2D eigenvalue weighted by Crippen LogP contribution is 2.26. The quantitative estimate of drug-likeness (QED) is 0.662. The van der Waals surface area contributed by atoms with Gasteiger partial charge in [0, 0.05) is 6.04 Å². The molecule has 0 spiro atoms. The third-order valence-electron chi connectivity index (χ3n) is 3.24. The number of carbonyl (C=O) groups excluding carboxylic acids is 2. The number of nitrogens with one attached hydrogen (secondary N) is 2. The fourth-order valence-electron chi connectivity index (χ4n) is 2.19. The average molecular weight is 227 g/mol. The molecule has 0 bridgehead atoms. The minimum Gasteiger partial charge on any atom is -0.351 e. The molecule has 0 saturated heterocycles. The number of amides is 3. The molecule has 4 N–H and O–H groups in total. The first kappa shape index (κ1) is 13.0. The van der Waals surface area contributed by atoms with E-state index in [9.17, 15) is 9.59 Å². The van der Waals surface area contributed by atoms with Gasteiger partial charge in [-0.05, 0) is 31.6 Å². The lowest BCUT2D eigenvalue weighted by atomic mass is 9.84. The molecule has 1 rings (SSSR count). The van der Waals surface area contributed by atoms with E-state index < -0.39 is 6.03 Å². The van der Waals surface area contributed by atoms with Crippen molar-refractivity contribution in [3.05, 3.63) is 0 Å². The van der Waals surface area contributed by atoms with Crippen molar-refractivity contribution < 1.29 is 9.59 Å². The standard InChI is InChI=1S/C11H21N3O2/c1-2-8-3-5-9(6-4-8)13-7-10(15)14-11(12)16/h8-9,13H,2-7H2,1H3,(H3,12,14,15,16). The normalized spacial score (nSPS) is 25.1. The second-order valence-electron chi connectivity index (χ2n) is 4.42. The smallest absolute Gasteiger partial charge is 0.318 e. The Labute approximate surface area is 96.1 Å². The third kappa shape index (κ3) is 4.61. The Morgan fingerprint density at radius 2 is 1.88 bits per heavy atom. The summed E-state index contributed by atoms with van der Waals surface area (Å²) in [6.07, 6.45) is 5.93. The molecule has 1 saturated carbocycles. The fraction of sp³-hybridized carbons (Fsp3) is 0.818. The molecule has 0 aromatic rings. The van der Waals surface area contributed by atoms with Crippen molar-refractivity contribution in [2.24, 2.45) is 11.7 Å². The van der Waals surface area contributed by atoms with Crippen LogP contribution in [0.2, 0.25) is 0 Å². The zero-order chi connectivity index (χ0) is 12.0. The van der Waals surface area contributed by atoms with E-state index in [-0.39, 0.29) is 12.5 Å². The summed E-state index contributed by atoms with van der Waals surface area (Å²) in [6.45, 7) is 2.39. The van der Waals surface area contributed by atoms with Gasteiger partial charge in [0.15, 0.2) is 0 Å². The van der Waals surface area contributed by atoms with Gasteiger partial charge < -0.3 is 11.1 Å². The van der Waals surface area contributed by atoms with Crippen LogP contribution in [0.3, 0.4) is 0 Å². The molecule has 0 heterocycles. The van der Waals surface area contributed by atoms with Gasteiger partial charge in [0.1, 0.15) is 0 Å². The van der Waals surface area contributed by atoms with Crippen molar-refractivity contribution in [2.45, 2.75) is 45.1 Å². The van der Waals surface area contributed by atoms with Crippen molar-refractivity contribution in [3.63, 3.8) is 0 Å². The summed E-state index contributed by atoms with van der Waals surface area (Å²) in [6, 6.07) is -0.386. The molecule has 3 amide bonds. The Hall–Kier alpha value is -1.10. The summed E-state index contributed by atoms with van der Waals surface area (Å²) in [5.41, 5.74) is 4.84. The number of primary amides is 1. The van der Waals surface area contributed by atoms with E-state index in [1.807, 2.05) is 5.32 Å². The van der Waals surface area contributed by atoms with Gasteiger partial charge in [0.05, 0.1) is 6.54 Å². The topological polar surface area (TPSA) is 84.2 Å². The predicted octanol–water partition coefficient (Wildman–Crippen LogP) is 0.740. The highest BCUT2D eigenvalue weighted by atomic mass is 16.2. The van der Waals surface area contributed by atoms with Crippen molar-refractivity contribution in [1.82, 2.24) is 10.6 Å². The van der Waals surface area contributed by atoms with Crippen LogP contribution in [0.5, 0.6) is 0 Å². The number of rotatable bonds is 4. The Kier molecular flexibility index (Phi) is 5.25. The van der Waals surface area contributed by atoms with Crippen molar-refractivity contribution in [1.29, 1.82) is 0 Å². The first-order valence-electron chi connectivity index (χ1n) is 5.94. The molecule has 0 atom stereocenters. The molecule has 5 nitrogen and oxygen atoms in total. The predicted molar refractivity (Wildman–Crippen MR) is 61.8 cm³/mol. The highest BCUT2D eigenvalue weighted by molar-refractivity contribution is 5.94. The molecule has 5 heteroatoms. The average Bonchev–Trinajstić information content (AvgIpc) is 2.26. The van der Waals surface area contributed by atoms with Crippen LogP contribution in [0.25, 0.3) is 0 Å². The number of carbonyl (C=O) groups is 2. The van der Waals surface area contributed by atoms with Crippen molar-refractivity contribution in [3.8, 4) is 0 Å². The molecule has 0 aromatic carbocycles. The Balaban J connectivity index is 2.14. The number of nitrogens with two attached hydrogens (primary N) is 1. The van der Waals surface area contributed by atoms with Gasteiger partial charge in [-0.15, -0.1) is 0 Å². The molecule has 1 fully saturated rings. The third-order valence-corrected chi connectivity index (χ3v) is 3.24. The maximum atomic E-state index is 11.1. The second-order valence-corrected chi connectivity index (χ2v) is 4.42. The van der Waals surface area contributed by atoms with Gasteiger partial charge in [-0.25, -0.2) is 4.79 Å². The van der Waals surface area contributed by atoms with E-state index in [0.29, 0.717) is 6.04 Å². The van der Waals surface area contributed by atoms with E-state index in [4.69, 9.17) is 5.73 Å². The molecule has 0 unspecified atom stereocenters. The van der Waals surface area contributed by atoms with Crippen LogP contribution < -0.4 is 16.4 Å². The minimum atomic E-state index is -0.790. The van der Waals surface area contributed by atoms with Gasteiger partial charge in [-0.3, -0.25) is 10.1 Å². The summed E-state index contributed by atoms with van der Waals surface area (Å²) in [4.78, 5) is 21.5. The lowest BCUT2D eigenvalue weighted by Gasteiger charge is -2.28. The summed E-state index contributed by atoms with van der Waals surface area (Å²) in [5.74, 6) is 0.489. The Bertz CT molecular complexity index is 248. The molecule has 92 valence electrons. The summed E-state index contributed by atoms with van der Waals surface area (Å²) < 4.78 is 0. The Morgan fingerprint density at radius 3 is 2.38 bits per heavy atom. The molecule has 1 aliphatic rings. The first-order valence-corrected chi connectivity index (χ1v) is 5.94. The molecule has 16 heavy (non-hydrogen) atoms. The largest absolute Gasteiger partial charge is 0.351 e. The molecular weight excluding hydrogens is 206 g/mol. The monoisotopic (exact) mass is 227 g/mol. The molecule has 0 radical (unpaired) electrons. The van der Waals surface area contributed by atoms with Crippen molar-refractivity contribution in [2.75, 3.05) is 6.54 Å². The van der Waals surface area contributed by atoms with Crippen LogP contribution in [0.4, 0.5) is 4.79 Å². The van der Waals surface area contributed by atoms with Crippen molar-refractivity contribution >= 4 is 11.9 Å². The molecular formula is C11H21N3O2. The highest BCUT2D eigenvalue weighted by Gasteiger charge is 2.20. The van der Waals surface area contributed by atoms with Gasteiger partial charge in [0.2, 0.25) is 5.91 Å². The van der Waals surface area contributed by atoms with E-state index in [0.717, 1.165) is 18.8 Å². The Morgan fingerprint density at radius 1 is 1.25 bits per heavy atom. The summed E-state index contributed by atoms with van der Waals surface area (Å²) in [5, 5.41) is 5.19. The number of urea groups is 1. The lowest BCUT2D eigenvalue weighted by molar-refractivity contribution is -0.119. The van der Waals surface area contributed by atoms with Gasteiger partial charge in [0.25, 0.3) is 0 Å². The van der Waals surface area contributed by atoms with Crippen LogP contribution in [0, 0.1) is 5.92 Å². The maximum Gasteiger partial charge on any atom is 0.318 e. The van der Waals surface area contributed by atoms with E-state index >= 15 is 0 Å². The van der Waals surface area contributed by atoms with E-state index in [1.165, 1.54) is 19.3 Å². The first-order chi connectivity index (χ1) is 7.61. The lowest BCUT2D eigenvalue weighted by Crippen LogP contribution is -2.44. The molecule has 1 aliphatic carbocycles. The van der Waals surface area contributed by atoms with E-state index in [1.54, 1.807) is 0 Å². The van der Waals surface area contributed by atoms with Crippen LogP contribution in [0.1, 0.15) is 39.0 Å². The minimum absolute atomic E-state index is 0.171. The van der Waals surface area contributed by atoms with Crippen LogP contribution in [-0.2, 0) is 4.79 Å². The van der Waals surface area contributed by atoms with Crippen LogP contribution in [-0.4, -0.2) is 24.5 Å². The number of hydrogen-bond donors (Lipinski definition) is 3. The zero-order valence-electron chi connectivity index (χ0n) is 9.79. The number of imide groups is 1. The van der Waals surface area contributed by atoms with Crippen LogP contribution in [0.15, 0.2) is 0 Å². The van der Waals surface area contributed by atoms with Gasteiger partial charge in [-0.1, -0.05) is 13.3 Å². The molecule has 0 aliphatic heterocycles. The zero-order valence-corrected chi connectivity index (χ0v) is 9.79. The van der Waals surface area contributed by atoms with Gasteiger partial charge in [-0.2, -0.15) is 0 Å². The summed E-state index contributed by atoms with van der Waals surface area (Å²) in [7, 11) is 0. The molecule has 0 aromatic heterocycles. The van der Waals surface area contributed by atoms with Gasteiger partial charge >= 0.3 is 6.03 Å². The summed E-state index contributed by atoms with van der Waals surface area (Å²) >= 11 is 0. The van der Waals surface area contributed by atoms with Crippen LogP contribution >= 0.6 is 0 Å². The van der Waals surface area contributed by atoms with E-state index in [2.05, 4.69) is 12.2 Å².